The summed E-state index contributed by atoms with van der Waals surface area (Å²) >= 11 is 5.66. The SMILES string of the molecule is CC(=CBr)C(=O)[O-].CC(=CBr)C(=O)[O-].[Cd+2]. The summed E-state index contributed by atoms with van der Waals surface area (Å²) in [5, 5.41) is 19.4. The number of aliphatic carboxylic acids is 2. The second-order valence-electron chi connectivity index (χ2n) is 2.16. The number of carbonyl (C=O) groups is 2. The first-order valence-corrected chi connectivity index (χ1v) is 5.16. The molecular formula is C8H8Br2CdO4. The van der Waals surface area contributed by atoms with Crippen LogP contribution in [-0.2, 0) is 36.9 Å². The van der Waals surface area contributed by atoms with E-state index in [2.05, 4.69) is 31.9 Å². The Morgan fingerprint density at radius 2 is 1.13 bits per heavy atom. The average Bonchev–Trinajstić information content (AvgIpc) is 2.15. The maximum atomic E-state index is 9.72. The molecule has 0 rings (SSSR count). The smallest absolute Gasteiger partial charge is 0.545 e. The van der Waals surface area contributed by atoms with E-state index in [1.165, 1.54) is 23.8 Å². The van der Waals surface area contributed by atoms with Crippen LogP contribution in [0.3, 0.4) is 0 Å². The van der Waals surface area contributed by atoms with Gasteiger partial charge in [0.2, 0.25) is 0 Å². The van der Waals surface area contributed by atoms with Crippen LogP contribution in [0, 0.1) is 0 Å². The maximum absolute atomic E-state index is 9.72. The quantitative estimate of drug-likeness (QED) is 0.450. The molecule has 0 aliphatic rings. The average molecular weight is 440 g/mol. The Balaban J connectivity index is -0.000000180. The molecule has 0 unspecified atom stereocenters. The number of halogens is 2. The molecule has 0 spiro atoms. The standard InChI is InChI=1S/2C4H5BrO2.Cd/c2*1-3(2-5)4(6)7;/h2*2H,1H3,(H,6,7);/q;;+2/p-2. The third kappa shape index (κ3) is 14.3. The molecule has 0 heterocycles. The van der Waals surface area contributed by atoms with Crippen LogP contribution in [-0.4, -0.2) is 11.9 Å². The molecule has 0 aromatic rings. The molecule has 0 aliphatic carbocycles. The van der Waals surface area contributed by atoms with Crippen LogP contribution >= 0.6 is 31.9 Å². The molecule has 0 aromatic carbocycles. The van der Waals surface area contributed by atoms with Crippen molar-refractivity contribution in [3.05, 3.63) is 21.1 Å². The molecule has 0 saturated carbocycles. The van der Waals surface area contributed by atoms with Crippen molar-refractivity contribution >= 4 is 43.8 Å². The van der Waals surface area contributed by atoms with E-state index in [-0.39, 0.29) is 38.4 Å². The summed E-state index contributed by atoms with van der Waals surface area (Å²) in [5.41, 5.74) is 0.389. The van der Waals surface area contributed by atoms with Crippen molar-refractivity contribution in [1.82, 2.24) is 0 Å². The number of rotatable bonds is 2. The van der Waals surface area contributed by atoms with E-state index in [0.29, 0.717) is 0 Å². The van der Waals surface area contributed by atoms with E-state index in [4.69, 9.17) is 0 Å². The number of carbonyl (C=O) groups excluding carboxylic acids is 2. The maximum Gasteiger partial charge on any atom is 2.00 e. The van der Waals surface area contributed by atoms with Gasteiger partial charge in [-0.3, -0.25) is 0 Å². The first-order valence-electron chi connectivity index (χ1n) is 3.33. The topological polar surface area (TPSA) is 80.3 Å². The zero-order valence-electron chi connectivity index (χ0n) is 8.25. The molecule has 7 heteroatoms. The van der Waals surface area contributed by atoms with Gasteiger partial charge in [-0.2, -0.15) is 0 Å². The molecule has 15 heavy (non-hydrogen) atoms. The van der Waals surface area contributed by atoms with Crippen LogP contribution in [0.5, 0.6) is 0 Å². The van der Waals surface area contributed by atoms with E-state index in [0.717, 1.165) is 0 Å². The van der Waals surface area contributed by atoms with Gasteiger partial charge in [0, 0.05) is 0 Å². The van der Waals surface area contributed by atoms with Gasteiger partial charge in [-0.25, -0.2) is 0 Å². The Hall–Kier alpha value is 0.302. The van der Waals surface area contributed by atoms with Crippen LogP contribution in [0.25, 0.3) is 0 Å². The van der Waals surface area contributed by atoms with E-state index in [1.54, 1.807) is 0 Å². The Morgan fingerprint density at radius 3 is 1.13 bits per heavy atom. The minimum atomic E-state index is -1.14. The van der Waals surface area contributed by atoms with Crippen molar-refractivity contribution in [3.63, 3.8) is 0 Å². The zero-order valence-corrected chi connectivity index (χ0v) is 15.5. The van der Waals surface area contributed by atoms with Crippen molar-refractivity contribution in [3.8, 4) is 0 Å². The van der Waals surface area contributed by atoms with Crippen molar-refractivity contribution in [2.24, 2.45) is 0 Å². The van der Waals surface area contributed by atoms with Gasteiger partial charge >= 0.3 is 27.3 Å². The first kappa shape index (κ1) is 20.7. The third-order valence-electron chi connectivity index (χ3n) is 0.971. The number of hydrogen-bond donors (Lipinski definition) is 0. The van der Waals surface area contributed by atoms with Crippen molar-refractivity contribution < 1.29 is 47.1 Å². The van der Waals surface area contributed by atoms with Gasteiger partial charge in [0.1, 0.15) is 0 Å². The number of carboxylic acid groups (broad SMARTS) is 2. The zero-order chi connectivity index (χ0) is 11.7. The Labute approximate surface area is 125 Å². The van der Waals surface area contributed by atoms with Gasteiger partial charge in [-0.1, -0.05) is 31.9 Å². The Bertz CT molecular complexity index is 246. The molecule has 0 aromatic heterocycles. The van der Waals surface area contributed by atoms with Gasteiger partial charge in [0.15, 0.2) is 0 Å². The summed E-state index contributed by atoms with van der Waals surface area (Å²) < 4.78 is 0. The molecule has 0 radical (unpaired) electrons. The second-order valence-corrected chi connectivity index (χ2v) is 3.07. The van der Waals surface area contributed by atoms with E-state index in [1.807, 2.05) is 0 Å². The van der Waals surface area contributed by atoms with Gasteiger partial charge in [0.05, 0.1) is 11.9 Å². The molecule has 0 amide bonds. The normalized spacial score (nSPS) is 10.7. The molecular weight excluding hydrogens is 432 g/mol. The minimum Gasteiger partial charge on any atom is -0.545 e. The predicted molar refractivity (Wildman–Crippen MR) is 55.4 cm³/mol. The molecule has 0 saturated heterocycles. The molecule has 4 nitrogen and oxygen atoms in total. The van der Waals surface area contributed by atoms with Crippen LogP contribution in [0.2, 0.25) is 0 Å². The second kappa shape index (κ2) is 12.4. The summed E-state index contributed by atoms with van der Waals surface area (Å²) in [6, 6.07) is 0. The van der Waals surface area contributed by atoms with Gasteiger partial charge in [-0.05, 0) is 35.0 Å². The van der Waals surface area contributed by atoms with Crippen LogP contribution in [0.15, 0.2) is 21.1 Å². The number of hydrogen-bond acceptors (Lipinski definition) is 4. The van der Waals surface area contributed by atoms with Crippen molar-refractivity contribution in [1.29, 1.82) is 0 Å². The molecule has 0 fully saturated rings. The fraction of sp³-hybridized carbons (Fsp3) is 0.250. The van der Waals surface area contributed by atoms with E-state index >= 15 is 0 Å². The fourth-order valence-corrected chi connectivity index (χ4v) is 0.463. The van der Waals surface area contributed by atoms with Gasteiger partial charge < -0.3 is 19.8 Å². The minimum absolute atomic E-state index is 0. The summed E-state index contributed by atoms with van der Waals surface area (Å²) in [6.07, 6.45) is 0. The van der Waals surface area contributed by atoms with Gasteiger partial charge in [-0.15, -0.1) is 0 Å². The summed E-state index contributed by atoms with van der Waals surface area (Å²) in [6.45, 7) is 2.90. The summed E-state index contributed by atoms with van der Waals surface area (Å²) in [4.78, 5) is 22.1. The van der Waals surface area contributed by atoms with Crippen molar-refractivity contribution in [2.75, 3.05) is 0 Å². The van der Waals surface area contributed by atoms with E-state index in [9.17, 15) is 19.8 Å². The molecule has 0 bridgehead atoms. The predicted octanol–water partition coefficient (Wildman–Crippen LogP) is 0.0675. The Kier molecular flexibility index (Phi) is 17.1. The largest absolute Gasteiger partial charge is 2.00 e. The summed E-state index contributed by atoms with van der Waals surface area (Å²) in [5.74, 6) is -2.28. The molecule has 0 aliphatic heterocycles. The van der Waals surface area contributed by atoms with Crippen LogP contribution in [0.1, 0.15) is 13.8 Å². The number of carboxylic acids is 2. The molecule has 80 valence electrons. The fourth-order valence-electron chi connectivity index (χ4n) is 0.0891. The molecule has 0 atom stereocenters. The van der Waals surface area contributed by atoms with Gasteiger partial charge in [0.25, 0.3) is 0 Å². The van der Waals surface area contributed by atoms with E-state index < -0.39 is 11.9 Å². The first-order chi connectivity index (χ1) is 6.36. The van der Waals surface area contributed by atoms with Crippen LogP contribution in [0.4, 0.5) is 0 Å². The van der Waals surface area contributed by atoms with Crippen molar-refractivity contribution in [2.45, 2.75) is 13.8 Å². The Morgan fingerprint density at radius 1 is 0.933 bits per heavy atom. The molecule has 0 N–H and O–H groups in total. The summed E-state index contributed by atoms with van der Waals surface area (Å²) in [7, 11) is 0. The third-order valence-corrected chi connectivity index (χ3v) is 2.34. The van der Waals surface area contributed by atoms with Crippen LogP contribution < -0.4 is 10.2 Å². The monoisotopic (exact) mass is 440 g/mol.